The van der Waals surface area contributed by atoms with Gasteiger partial charge < -0.3 is 9.30 Å². The van der Waals surface area contributed by atoms with E-state index in [0.717, 1.165) is 36.3 Å². The molecule has 1 aromatic heterocycles. The van der Waals surface area contributed by atoms with Gasteiger partial charge in [0.05, 0.1) is 12.8 Å². The molecule has 0 spiro atoms. The highest BCUT2D eigenvalue weighted by Gasteiger charge is 2.08. The summed E-state index contributed by atoms with van der Waals surface area (Å²) in [6.45, 7) is 2.06. The fraction of sp³-hybridized carbons (Fsp3) is 0.389. The molecule has 0 aliphatic heterocycles. The van der Waals surface area contributed by atoms with Crippen LogP contribution in [0.4, 0.5) is 0 Å². The van der Waals surface area contributed by atoms with Crippen molar-refractivity contribution in [2.75, 3.05) is 7.11 Å². The normalized spacial score (nSPS) is 10.6. The number of hydrogen-bond donors (Lipinski definition) is 0. The highest BCUT2D eigenvalue weighted by atomic mass is 16.5. The third-order valence-electron chi connectivity index (χ3n) is 3.81. The Morgan fingerprint density at radius 3 is 2.67 bits per heavy atom. The van der Waals surface area contributed by atoms with Gasteiger partial charge in [-0.15, -0.1) is 0 Å². The largest absolute Gasteiger partial charge is 0.496 e. The molecule has 0 radical (unpaired) electrons. The molecule has 112 valence electrons. The number of Topliss-reactive ketones (excluding diaryl/α,β-unsaturated/α-hetero) is 1. The molecule has 0 amide bonds. The zero-order chi connectivity index (χ0) is 15.2. The van der Waals surface area contributed by atoms with Crippen molar-refractivity contribution in [3.05, 3.63) is 53.3 Å². The Balaban J connectivity index is 1.78. The lowest BCUT2D eigenvalue weighted by molar-refractivity contribution is 0.0971. The molecule has 0 fully saturated rings. The van der Waals surface area contributed by atoms with Crippen molar-refractivity contribution in [1.29, 1.82) is 0 Å². The Morgan fingerprint density at radius 2 is 2.05 bits per heavy atom. The average Bonchev–Trinajstić information content (AvgIpc) is 2.90. The summed E-state index contributed by atoms with van der Waals surface area (Å²) < 4.78 is 7.15. The van der Waals surface area contributed by atoms with Gasteiger partial charge in [-0.2, -0.15) is 0 Å². The molecule has 1 aromatic carbocycles. The minimum Gasteiger partial charge on any atom is -0.496 e. The van der Waals surface area contributed by atoms with Crippen LogP contribution >= 0.6 is 0 Å². The minimum absolute atomic E-state index is 0.230. The van der Waals surface area contributed by atoms with Gasteiger partial charge in [0.1, 0.15) is 5.75 Å². The number of aryl methyl sites for hydroxylation is 3. The Hall–Kier alpha value is -2.03. The smallest absolute Gasteiger partial charge is 0.179 e. The summed E-state index contributed by atoms with van der Waals surface area (Å²) in [7, 11) is 3.60. The van der Waals surface area contributed by atoms with Gasteiger partial charge >= 0.3 is 0 Å². The van der Waals surface area contributed by atoms with Crippen LogP contribution in [0.3, 0.4) is 0 Å². The zero-order valence-electron chi connectivity index (χ0n) is 13.1. The van der Waals surface area contributed by atoms with Crippen LogP contribution in [0.1, 0.15) is 40.9 Å². The Morgan fingerprint density at radius 1 is 1.24 bits per heavy atom. The topological polar surface area (TPSA) is 31.2 Å². The zero-order valence-corrected chi connectivity index (χ0v) is 13.1. The van der Waals surface area contributed by atoms with Gasteiger partial charge in [0, 0.05) is 19.7 Å². The van der Waals surface area contributed by atoms with Gasteiger partial charge in [-0.05, 0) is 55.5 Å². The SMILES string of the molecule is COc1ccc(CCCCC(=O)c2cccn2C)cc1C. The van der Waals surface area contributed by atoms with E-state index in [0.29, 0.717) is 6.42 Å². The van der Waals surface area contributed by atoms with Crippen LogP contribution in [0, 0.1) is 6.92 Å². The fourth-order valence-corrected chi connectivity index (χ4v) is 2.59. The average molecular weight is 285 g/mol. The van der Waals surface area contributed by atoms with Crippen molar-refractivity contribution in [2.24, 2.45) is 7.05 Å². The van der Waals surface area contributed by atoms with Crippen molar-refractivity contribution in [2.45, 2.75) is 32.6 Å². The van der Waals surface area contributed by atoms with Crippen LogP contribution < -0.4 is 4.74 Å². The quantitative estimate of drug-likeness (QED) is 0.570. The van der Waals surface area contributed by atoms with Crippen LogP contribution in [0.5, 0.6) is 5.75 Å². The van der Waals surface area contributed by atoms with Crippen molar-refractivity contribution >= 4 is 5.78 Å². The molecule has 0 atom stereocenters. The Labute approximate surface area is 126 Å². The molecule has 0 saturated heterocycles. The van der Waals surface area contributed by atoms with E-state index in [-0.39, 0.29) is 5.78 Å². The number of ether oxygens (including phenoxy) is 1. The van der Waals surface area contributed by atoms with Crippen molar-refractivity contribution < 1.29 is 9.53 Å². The maximum Gasteiger partial charge on any atom is 0.179 e. The first-order valence-corrected chi connectivity index (χ1v) is 7.40. The number of unbranched alkanes of at least 4 members (excludes halogenated alkanes) is 1. The van der Waals surface area contributed by atoms with Crippen LogP contribution in [0.25, 0.3) is 0 Å². The number of methoxy groups -OCH3 is 1. The Bertz CT molecular complexity index is 613. The summed E-state index contributed by atoms with van der Waals surface area (Å²) in [5.74, 6) is 1.16. The summed E-state index contributed by atoms with van der Waals surface area (Å²) in [5, 5.41) is 0. The molecular formula is C18H23NO2. The van der Waals surface area contributed by atoms with E-state index in [4.69, 9.17) is 4.74 Å². The van der Waals surface area contributed by atoms with Crippen LogP contribution in [-0.4, -0.2) is 17.5 Å². The summed E-state index contributed by atoms with van der Waals surface area (Å²) in [6, 6.07) is 10.1. The maximum atomic E-state index is 12.0. The van der Waals surface area contributed by atoms with Crippen LogP contribution in [0.15, 0.2) is 36.5 Å². The lowest BCUT2D eigenvalue weighted by Gasteiger charge is -2.07. The Kier molecular flexibility index (Phi) is 5.20. The van der Waals surface area contributed by atoms with E-state index in [2.05, 4.69) is 19.1 Å². The predicted octanol–water partition coefficient (Wildman–Crippen LogP) is 3.94. The number of ketones is 1. The number of hydrogen-bond acceptors (Lipinski definition) is 2. The first-order chi connectivity index (χ1) is 10.1. The molecule has 0 N–H and O–H groups in total. The summed E-state index contributed by atoms with van der Waals surface area (Å²) in [6.07, 6.45) is 5.49. The first kappa shape index (κ1) is 15.4. The second-order valence-corrected chi connectivity index (χ2v) is 5.44. The van der Waals surface area contributed by atoms with E-state index in [1.807, 2.05) is 36.0 Å². The molecule has 1 heterocycles. The van der Waals surface area contributed by atoms with Gasteiger partial charge in [0.15, 0.2) is 5.78 Å². The number of carbonyl (C=O) groups excluding carboxylic acids is 1. The summed E-state index contributed by atoms with van der Waals surface area (Å²) >= 11 is 0. The summed E-state index contributed by atoms with van der Waals surface area (Å²) in [4.78, 5) is 12.0. The van der Waals surface area contributed by atoms with Crippen molar-refractivity contribution in [3.63, 3.8) is 0 Å². The number of benzene rings is 1. The van der Waals surface area contributed by atoms with Crippen LogP contribution in [-0.2, 0) is 13.5 Å². The second-order valence-electron chi connectivity index (χ2n) is 5.44. The molecule has 2 rings (SSSR count). The van der Waals surface area contributed by atoms with Crippen molar-refractivity contribution in [3.8, 4) is 5.75 Å². The number of nitrogens with zero attached hydrogens (tertiary/aromatic N) is 1. The maximum absolute atomic E-state index is 12.0. The molecule has 0 saturated carbocycles. The second kappa shape index (κ2) is 7.11. The van der Waals surface area contributed by atoms with E-state index in [9.17, 15) is 4.79 Å². The predicted molar refractivity (Wildman–Crippen MR) is 85.0 cm³/mol. The van der Waals surface area contributed by atoms with E-state index < -0.39 is 0 Å². The van der Waals surface area contributed by atoms with Gasteiger partial charge in [-0.1, -0.05) is 12.1 Å². The molecular weight excluding hydrogens is 262 g/mol. The minimum atomic E-state index is 0.230. The molecule has 0 aliphatic carbocycles. The molecule has 2 aromatic rings. The number of carbonyl (C=O) groups is 1. The molecule has 0 bridgehead atoms. The van der Waals surface area contributed by atoms with E-state index in [1.165, 1.54) is 5.56 Å². The standard InChI is InChI=1S/C18H23NO2/c1-14-13-15(10-11-18(14)21-3)7-4-5-9-17(20)16-8-6-12-19(16)2/h6,8,10-13H,4-5,7,9H2,1-3H3. The highest BCUT2D eigenvalue weighted by Crippen LogP contribution is 2.20. The van der Waals surface area contributed by atoms with Gasteiger partial charge in [0.25, 0.3) is 0 Å². The molecule has 3 nitrogen and oxygen atoms in total. The third kappa shape index (κ3) is 3.97. The fourth-order valence-electron chi connectivity index (χ4n) is 2.59. The molecule has 0 aliphatic rings. The monoisotopic (exact) mass is 285 g/mol. The lowest BCUT2D eigenvalue weighted by atomic mass is 10.0. The third-order valence-corrected chi connectivity index (χ3v) is 3.81. The van der Waals surface area contributed by atoms with Gasteiger partial charge in [0.2, 0.25) is 0 Å². The van der Waals surface area contributed by atoms with E-state index >= 15 is 0 Å². The first-order valence-electron chi connectivity index (χ1n) is 7.40. The number of aromatic nitrogens is 1. The number of rotatable bonds is 7. The van der Waals surface area contributed by atoms with E-state index in [1.54, 1.807) is 7.11 Å². The highest BCUT2D eigenvalue weighted by molar-refractivity contribution is 5.94. The molecule has 0 unspecified atom stereocenters. The van der Waals surface area contributed by atoms with Crippen molar-refractivity contribution in [1.82, 2.24) is 4.57 Å². The van der Waals surface area contributed by atoms with Gasteiger partial charge in [-0.3, -0.25) is 4.79 Å². The lowest BCUT2D eigenvalue weighted by Crippen LogP contribution is -2.05. The molecule has 3 heteroatoms. The summed E-state index contributed by atoms with van der Waals surface area (Å²) in [5.41, 5.74) is 3.27. The van der Waals surface area contributed by atoms with Crippen LogP contribution in [0.2, 0.25) is 0 Å². The molecule has 21 heavy (non-hydrogen) atoms. The van der Waals surface area contributed by atoms with Gasteiger partial charge in [-0.25, -0.2) is 0 Å².